The van der Waals surface area contributed by atoms with Crippen LogP contribution in [0, 0.1) is 5.92 Å². The summed E-state index contributed by atoms with van der Waals surface area (Å²) in [5, 5.41) is 3.97. The Morgan fingerprint density at radius 1 is 1.07 bits per heavy atom. The fourth-order valence-corrected chi connectivity index (χ4v) is 6.27. The SMILES string of the molecule is O=C(c1ccsc1)N1C[C@H](c2ccc3c(c2)OCO3)[C@H]2[C@@H]1C1CCN2CC1. The summed E-state index contributed by atoms with van der Waals surface area (Å²) in [4.78, 5) is 18.1. The molecule has 0 radical (unpaired) electrons. The zero-order chi connectivity index (χ0) is 18.0. The Labute approximate surface area is 162 Å². The largest absolute Gasteiger partial charge is 0.454 e. The van der Waals surface area contributed by atoms with E-state index in [0.29, 0.717) is 30.7 Å². The summed E-state index contributed by atoms with van der Waals surface area (Å²) >= 11 is 1.59. The Hall–Kier alpha value is -2.05. The van der Waals surface area contributed by atoms with Crippen LogP contribution in [0.25, 0.3) is 0 Å². The van der Waals surface area contributed by atoms with Gasteiger partial charge in [-0.3, -0.25) is 9.69 Å². The molecule has 5 aliphatic rings. The highest BCUT2D eigenvalue weighted by atomic mass is 32.1. The molecule has 3 atom stereocenters. The van der Waals surface area contributed by atoms with E-state index in [4.69, 9.17) is 9.47 Å². The van der Waals surface area contributed by atoms with Crippen LogP contribution < -0.4 is 9.47 Å². The van der Waals surface area contributed by atoms with E-state index in [1.54, 1.807) is 11.3 Å². The standard InChI is InChI=1S/C21H22N2O3S/c24-21(15-5-8-27-11-15)23-10-16(14-1-2-17-18(9-14)26-12-25-17)20-19(23)13-3-6-22(20)7-4-13/h1-2,5,8-9,11,13,16,19-20H,3-4,6-7,10,12H2/t16-,19+,20+/m1/s1. The van der Waals surface area contributed by atoms with E-state index in [0.717, 1.165) is 36.7 Å². The molecule has 5 aliphatic heterocycles. The summed E-state index contributed by atoms with van der Waals surface area (Å²) in [5.41, 5.74) is 2.10. The van der Waals surface area contributed by atoms with Gasteiger partial charge in [-0.25, -0.2) is 0 Å². The summed E-state index contributed by atoms with van der Waals surface area (Å²) in [7, 11) is 0. The van der Waals surface area contributed by atoms with E-state index in [1.807, 2.05) is 22.9 Å². The first kappa shape index (κ1) is 16.0. The number of nitrogens with zero attached hydrogens (tertiary/aromatic N) is 2. The fraction of sp³-hybridized carbons (Fsp3) is 0.476. The highest BCUT2D eigenvalue weighted by Gasteiger charge is 2.54. The van der Waals surface area contributed by atoms with Crippen LogP contribution >= 0.6 is 11.3 Å². The van der Waals surface area contributed by atoms with Crippen molar-refractivity contribution in [1.82, 2.24) is 9.80 Å². The number of amides is 1. The van der Waals surface area contributed by atoms with Crippen LogP contribution in [0.4, 0.5) is 0 Å². The van der Waals surface area contributed by atoms with Gasteiger partial charge in [-0.2, -0.15) is 11.3 Å². The van der Waals surface area contributed by atoms with E-state index >= 15 is 0 Å². The lowest BCUT2D eigenvalue weighted by atomic mass is 9.75. The van der Waals surface area contributed by atoms with Crippen molar-refractivity contribution < 1.29 is 14.3 Å². The molecule has 6 heterocycles. The van der Waals surface area contributed by atoms with Gasteiger partial charge in [0, 0.05) is 23.9 Å². The molecule has 2 aromatic rings. The molecule has 1 aromatic heterocycles. The van der Waals surface area contributed by atoms with E-state index in [1.165, 1.54) is 18.4 Å². The van der Waals surface area contributed by atoms with Crippen LogP contribution in [-0.4, -0.2) is 54.2 Å². The quantitative estimate of drug-likeness (QED) is 0.800. The minimum atomic E-state index is 0.197. The number of hydrogen-bond donors (Lipinski definition) is 0. The van der Waals surface area contributed by atoms with Crippen molar-refractivity contribution in [3.63, 3.8) is 0 Å². The maximum absolute atomic E-state index is 13.3. The zero-order valence-corrected chi connectivity index (χ0v) is 15.9. The molecule has 27 heavy (non-hydrogen) atoms. The maximum Gasteiger partial charge on any atom is 0.255 e. The maximum atomic E-state index is 13.3. The second-order valence-electron chi connectivity index (χ2n) is 8.04. The molecule has 0 aliphatic carbocycles. The second kappa shape index (κ2) is 5.97. The minimum Gasteiger partial charge on any atom is -0.454 e. The number of benzene rings is 1. The predicted molar refractivity (Wildman–Crippen MR) is 103 cm³/mol. The van der Waals surface area contributed by atoms with Gasteiger partial charge in [-0.15, -0.1) is 0 Å². The van der Waals surface area contributed by atoms with Crippen molar-refractivity contribution in [2.24, 2.45) is 5.92 Å². The molecule has 0 spiro atoms. The summed E-state index contributed by atoms with van der Waals surface area (Å²) in [5.74, 6) is 2.81. The monoisotopic (exact) mass is 382 g/mol. The van der Waals surface area contributed by atoms with E-state index < -0.39 is 0 Å². The lowest BCUT2D eigenvalue weighted by Gasteiger charge is -2.51. The van der Waals surface area contributed by atoms with Crippen LogP contribution in [0.2, 0.25) is 0 Å². The Morgan fingerprint density at radius 2 is 1.93 bits per heavy atom. The van der Waals surface area contributed by atoms with E-state index in [9.17, 15) is 4.79 Å². The molecule has 1 amide bonds. The molecule has 5 nitrogen and oxygen atoms in total. The molecule has 4 fully saturated rings. The van der Waals surface area contributed by atoms with Gasteiger partial charge >= 0.3 is 0 Å². The second-order valence-corrected chi connectivity index (χ2v) is 8.82. The van der Waals surface area contributed by atoms with Gasteiger partial charge in [0.25, 0.3) is 5.91 Å². The normalized spacial score (nSPS) is 33.3. The van der Waals surface area contributed by atoms with Gasteiger partial charge in [0.2, 0.25) is 6.79 Å². The topological polar surface area (TPSA) is 42.0 Å². The van der Waals surface area contributed by atoms with Crippen molar-refractivity contribution in [1.29, 1.82) is 0 Å². The zero-order valence-electron chi connectivity index (χ0n) is 15.0. The Balaban J connectivity index is 1.39. The summed E-state index contributed by atoms with van der Waals surface area (Å²) in [6.07, 6.45) is 2.42. The van der Waals surface area contributed by atoms with Crippen LogP contribution in [0.3, 0.4) is 0 Å². The average Bonchev–Trinajstić information content (AvgIpc) is 3.47. The summed E-state index contributed by atoms with van der Waals surface area (Å²) in [6.45, 7) is 3.41. The highest BCUT2D eigenvalue weighted by molar-refractivity contribution is 7.08. The molecule has 7 rings (SSSR count). The number of piperidine rings is 3. The third-order valence-electron chi connectivity index (χ3n) is 6.85. The first-order chi connectivity index (χ1) is 13.3. The van der Waals surface area contributed by atoms with Crippen LogP contribution in [-0.2, 0) is 0 Å². The number of fused-ring (bicyclic) bond motifs is 3. The van der Waals surface area contributed by atoms with Crippen molar-refractivity contribution in [3.8, 4) is 11.5 Å². The summed E-state index contributed by atoms with van der Waals surface area (Å²) in [6, 6.07) is 9.02. The van der Waals surface area contributed by atoms with Crippen molar-refractivity contribution in [2.45, 2.75) is 30.8 Å². The molecule has 6 heteroatoms. The Bertz CT molecular complexity index is 876. The van der Waals surface area contributed by atoms with Crippen LogP contribution in [0.5, 0.6) is 11.5 Å². The molecule has 1 aromatic carbocycles. The lowest BCUT2D eigenvalue weighted by molar-refractivity contribution is -0.00339. The number of carbonyl (C=O) groups is 1. The molecule has 0 N–H and O–H groups in total. The van der Waals surface area contributed by atoms with Crippen LogP contribution in [0.15, 0.2) is 35.0 Å². The van der Waals surface area contributed by atoms with Crippen LogP contribution in [0.1, 0.15) is 34.7 Å². The van der Waals surface area contributed by atoms with Gasteiger partial charge < -0.3 is 14.4 Å². The van der Waals surface area contributed by atoms with Crippen molar-refractivity contribution in [3.05, 3.63) is 46.2 Å². The van der Waals surface area contributed by atoms with Gasteiger partial charge in [-0.05, 0) is 61.0 Å². The molecular weight excluding hydrogens is 360 g/mol. The number of carbonyl (C=O) groups excluding carboxylic acids is 1. The van der Waals surface area contributed by atoms with Gasteiger partial charge in [-0.1, -0.05) is 6.07 Å². The van der Waals surface area contributed by atoms with E-state index in [2.05, 4.69) is 21.9 Å². The third kappa shape index (κ3) is 2.36. The lowest BCUT2D eigenvalue weighted by Crippen LogP contribution is -2.60. The van der Waals surface area contributed by atoms with Crippen molar-refractivity contribution in [2.75, 3.05) is 26.4 Å². The number of hydrogen-bond acceptors (Lipinski definition) is 5. The number of likely N-dealkylation sites (tertiary alicyclic amines) is 1. The molecule has 140 valence electrons. The van der Waals surface area contributed by atoms with E-state index in [-0.39, 0.29) is 5.91 Å². The minimum absolute atomic E-state index is 0.197. The molecule has 0 unspecified atom stereocenters. The Kier molecular flexibility index (Phi) is 3.53. The van der Waals surface area contributed by atoms with Gasteiger partial charge in [0.05, 0.1) is 11.6 Å². The first-order valence-electron chi connectivity index (χ1n) is 9.76. The Morgan fingerprint density at radius 3 is 2.74 bits per heavy atom. The highest BCUT2D eigenvalue weighted by Crippen LogP contribution is 2.48. The average molecular weight is 382 g/mol. The number of ether oxygens (including phenoxy) is 2. The smallest absolute Gasteiger partial charge is 0.255 e. The first-order valence-corrected chi connectivity index (χ1v) is 10.7. The number of rotatable bonds is 2. The van der Waals surface area contributed by atoms with Crippen molar-refractivity contribution >= 4 is 17.2 Å². The molecule has 4 saturated heterocycles. The predicted octanol–water partition coefficient (Wildman–Crippen LogP) is 3.18. The molecule has 0 saturated carbocycles. The molecule has 2 bridgehead atoms. The third-order valence-corrected chi connectivity index (χ3v) is 7.53. The van der Waals surface area contributed by atoms with Gasteiger partial charge in [0.15, 0.2) is 11.5 Å². The fourth-order valence-electron chi connectivity index (χ4n) is 5.64. The van der Waals surface area contributed by atoms with Gasteiger partial charge in [0.1, 0.15) is 0 Å². The number of thiophene rings is 1. The molecular formula is C21H22N2O3S. The summed E-state index contributed by atoms with van der Waals surface area (Å²) < 4.78 is 11.1.